The number of hydrogen-bond donors (Lipinski definition) is 1. The molecule has 1 aromatic heterocycles. The average molecular weight is 277 g/mol. The molecule has 5 heteroatoms. The van der Waals surface area contributed by atoms with E-state index in [1.807, 2.05) is 18.5 Å². The lowest BCUT2D eigenvalue weighted by Gasteiger charge is -2.03. The Kier molecular flexibility index (Phi) is 5.30. The van der Waals surface area contributed by atoms with Crippen LogP contribution in [0.15, 0.2) is 41.6 Å². The Labute approximate surface area is 116 Å². The summed E-state index contributed by atoms with van der Waals surface area (Å²) in [7, 11) is 0. The number of rotatable bonds is 6. The average Bonchev–Trinajstić information content (AvgIpc) is 2.44. The molecule has 0 aliphatic heterocycles. The molecular formula is C14H16FN3S. The normalized spacial score (nSPS) is 10.6. The van der Waals surface area contributed by atoms with Gasteiger partial charge in [0.15, 0.2) is 0 Å². The van der Waals surface area contributed by atoms with Gasteiger partial charge in [-0.3, -0.25) is 0 Å². The van der Waals surface area contributed by atoms with Crippen LogP contribution in [0.5, 0.6) is 0 Å². The maximum atomic E-state index is 13.0. The van der Waals surface area contributed by atoms with Gasteiger partial charge in [0.05, 0.1) is 5.75 Å². The Hall–Kier alpha value is -1.46. The second-order valence-electron chi connectivity index (χ2n) is 4.03. The third-order valence-corrected chi connectivity index (χ3v) is 3.49. The fraction of sp³-hybridized carbons (Fsp3) is 0.286. The van der Waals surface area contributed by atoms with Crippen LogP contribution in [0.4, 0.5) is 4.39 Å². The zero-order valence-corrected chi connectivity index (χ0v) is 11.6. The van der Waals surface area contributed by atoms with E-state index in [-0.39, 0.29) is 5.82 Å². The van der Waals surface area contributed by atoms with Crippen LogP contribution in [-0.2, 0) is 12.3 Å². The molecule has 0 atom stereocenters. The highest BCUT2D eigenvalue weighted by molar-refractivity contribution is 7.98. The van der Waals surface area contributed by atoms with Crippen molar-refractivity contribution in [3.05, 3.63) is 53.9 Å². The Balaban J connectivity index is 1.89. The quantitative estimate of drug-likeness (QED) is 0.824. The molecule has 0 saturated heterocycles. The number of aromatic nitrogens is 2. The summed E-state index contributed by atoms with van der Waals surface area (Å²) in [6, 6.07) is 6.55. The van der Waals surface area contributed by atoms with E-state index in [2.05, 4.69) is 22.2 Å². The molecule has 1 aromatic carbocycles. The molecule has 2 rings (SSSR count). The van der Waals surface area contributed by atoms with Crippen LogP contribution in [0.3, 0.4) is 0 Å². The van der Waals surface area contributed by atoms with Gasteiger partial charge in [0.1, 0.15) is 11.6 Å². The van der Waals surface area contributed by atoms with Gasteiger partial charge in [-0.2, -0.15) is 0 Å². The SMILES string of the molecule is CCNCc1cnc(CSc2cccc(F)c2)nc1. The molecule has 100 valence electrons. The lowest BCUT2D eigenvalue weighted by Crippen LogP contribution is -2.12. The highest BCUT2D eigenvalue weighted by Crippen LogP contribution is 2.21. The number of benzene rings is 1. The number of thioether (sulfide) groups is 1. The van der Waals surface area contributed by atoms with Crippen LogP contribution in [0.25, 0.3) is 0 Å². The van der Waals surface area contributed by atoms with Crippen molar-refractivity contribution in [1.82, 2.24) is 15.3 Å². The first-order valence-electron chi connectivity index (χ1n) is 6.17. The molecule has 0 spiro atoms. The van der Waals surface area contributed by atoms with E-state index in [4.69, 9.17) is 0 Å². The lowest BCUT2D eigenvalue weighted by molar-refractivity contribution is 0.624. The van der Waals surface area contributed by atoms with Crippen molar-refractivity contribution in [3.8, 4) is 0 Å². The van der Waals surface area contributed by atoms with Crippen molar-refractivity contribution in [3.63, 3.8) is 0 Å². The maximum absolute atomic E-state index is 13.0. The molecule has 1 N–H and O–H groups in total. The van der Waals surface area contributed by atoms with E-state index in [9.17, 15) is 4.39 Å². The minimum atomic E-state index is -0.216. The van der Waals surface area contributed by atoms with E-state index < -0.39 is 0 Å². The molecule has 19 heavy (non-hydrogen) atoms. The largest absolute Gasteiger partial charge is 0.313 e. The minimum absolute atomic E-state index is 0.216. The standard InChI is InChI=1S/C14H16FN3S/c1-2-16-7-11-8-17-14(18-9-11)10-19-13-5-3-4-12(15)6-13/h3-6,8-9,16H,2,7,10H2,1H3. The molecule has 0 amide bonds. The van der Waals surface area contributed by atoms with Crippen molar-refractivity contribution < 1.29 is 4.39 Å². The van der Waals surface area contributed by atoms with Gasteiger partial charge >= 0.3 is 0 Å². The Morgan fingerprint density at radius 3 is 2.74 bits per heavy atom. The van der Waals surface area contributed by atoms with Gasteiger partial charge in [0.2, 0.25) is 0 Å². The first-order chi connectivity index (χ1) is 9.28. The Morgan fingerprint density at radius 1 is 1.26 bits per heavy atom. The summed E-state index contributed by atoms with van der Waals surface area (Å²) in [5, 5.41) is 3.22. The Morgan fingerprint density at radius 2 is 2.05 bits per heavy atom. The fourth-order valence-corrected chi connectivity index (χ4v) is 2.34. The summed E-state index contributed by atoms with van der Waals surface area (Å²) >= 11 is 1.53. The highest BCUT2D eigenvalue weighted by Gasteiger charge is 2.01. The van der Waals surface area contributed by atoms with E-state index in [1.54, 1.807) is 6.07 Å². The summed E-state index contributed by atoms with van der Waals surface area (Å²) < 4.78 is 13.0. The first kappa shape index (κ1) is 14.0. The van der Waals surface area contributed by atoms with Gasteiger partial charge < -0.3 is 5.32 Å². The number of halogens is 1. The van der Waals surface area contributed by atoms with E-state index in [0.717, 1.165) is 29.4 Å². The lowest BCUT2D eigenvalue weighted by atomic mass is 10.3. The van der Waals surface area contributed by atoms with Crippen molar-refractivity contribution in [2.24, 2.45) is 0 Å². The third kappa shape index (κ3) is 4.61. The van der Waals surface area contributed by atoms with Gasteiger partial charge in [-0.25, -0.2) is 14.4 Å². The first-order valence-corrected chi connectivity index (χ1v) is 7.15. The van der Waals surface area contributed by atoms with Crippen LogP contribution in [0, 0.1) is 5.82 Å². The predicted molar refractivity (Wildman–Crippen MR) is 75.4 cm³/mol. The molecular weight excluding hydrogens is 261 g/mol. The third-order valence-electron chi connectivity index (χ3n) is 2.50. The smallest absolute Gasteiger partial charge is 0.138 e. The molecule has 0 fully saturated rings. The van der Waals surface area contributed by atoms with Crippen molar-refractivity contribution in [1.29, 1.82) is 0 Å². The number of nitrogens with one attached hydrogen (secondary N) is 1. The van der Waals surface area contributed by atoms with Gasteiger partial charge in [-0.15, -0.1) is 11.8 Å². The monoisotopic (exact) mass is 277 g/mol. The zero-order chi connectivity index (χ0) is 13.5. The number of hydrogen-bond acceptors (Lipinski definition) is 4. The predicted octanol–water partition coefficient (Wildman–Crippen LogP) is 3.02. The van der Waals surface area contributed by atoms with E-state index >= 15 is 0 Å². The van der Waals surface area contributed by atoms with Crippen LogP contribution in [0.2, 0.25) is 0 Å². The van der Waals surface area contributed by atoms with Crippen LogP contribution >= 0.6 is 11.8 Å². The van der Waals surface area contributed by atoms with Gasteiger partial charge in [-0.1, -0.05) is 13.0 Å². The van der Waals surface area contributed by atoms with E-state index in [0.29, 0.717) is 5.75 Å². The molecule has 2 aromatic rings. The summed E-state index contributed by atoms with van der Waals surface area (Å²) in [5.74, 6) is 1.19. The molecule has 0 bridgehead atoms. The number of nitrogens with zero attached hydrogens (tertiary/aromatic N) is 2. The van der Waals surface area contributed by atoms with Crippen molar-refractivity contribution in [2.75, 3.05) is 6.54 Å². The molecule has 0 unspecified atom stereocenters. The molecule has 0 aliphatic carbocycles. The van der Waals surface area contributed by atoms with Crippen LogP contribution in [-0.4, -0.2) is 16.5 Å². The maximum Gasteiger partial charge on any atom is 0.138 e. The van der Waals surface area contributed by atoms with Crippen molar-refractivity contribution >= 4 is 11.8 Å². The van der Waals surface area contributed by atoms with Gasteiger partial charge in [0, 0.05) is 29.4 Å². The summed E-state index contributed by atoms with van der Waals surface area (Å²) in [6.07, 6.45) is 3.66. The zero-order valence-electron chi connectivity index (χ0n) is 10.8. The molecule has 1 heterocycles. The van der Waals surface area contributed by atoms with E-state index in [1.165, 1.54) is 23.9 Å². The van der Waals surface area contributed by atoms with Gasteiger partial charge in [0.25, 0.3) is 0 Å². The fourth-order valence-electron chi connectivity index (χ4n) is 1.52. The Bertz CT molecular complexity index is 516. The molecule has 3 nitrogen and oxygen atoms in total. The molecule has 0 saturated carbocycles. The summed E-state index contributed by atoms with van der Waals surface area (Å²) in [4.78, 5) is 9.50. The minimum Gasteiger partial charge on any atom is -0.313 e. The topological polar surface area (TPSA) is 37.8 Å². The van der Waals surface area contributed by atoms with Crippen molar-refractivity contribution in [2.45, 2.75) is 24.1 Å². The van der Waals surface area contributed by atoms with Crippen LogP contribution < -0.4 is 5.32 Å². The second-order valence-corrected chi connectivity index (χ2v) is 5.08. The molecule has 0 aliphatic rings. The summed E-state index contributed by atoms with van der Waals surface area (Å²) in [5.41, 5.74) is 1.07. The molecule has 0 radical (unpaired) electrons. The van der Waals surface area contributed by atoms with Gasteiger partial charge in [-0.05, 0) is 24.7 Å². The van der Waals surface area contributed by atoms with Crippen LogP contribution in [0.1, 0.15) is 18.3 Å². The second kappa shape index (κ2) is 7.21. The highest BCUT2D eigenvalue weighted by atomic mass is 32.2. The summed E-state index contributed by atoms with van der Waals surface area (Å²) in [6.45, 7) is 3.77.